The van der Waals surface area contributed by atoms with Gasteiger partial charge >= 0.3 is 0 Å². The molecule has 1 radical (unpaired) electrons. The summed E-state index contributed by atoms with van der Waals surface area (Å²) >= 11 is 0. The quantitative estimate of drug-likeness (QED) is 0.571. The summed E-state index contributed by atoms with van der Waals surface area (Å²) in [4.78, 5) is 13.1. The van der Waals surface area contributed by atoms with Crippen molar-refractivity contribution in [3.8, 4) is 0 Å². The molecule has 0 heterocycles. The fraction of sp³-hybridized carbons (Fsp3) is 0.875. The SMILES string of the molecule is CCN(CC)C(=O)CC[N]C. The van der Waals surface area contributed by atoms with Crippen LogP contribution < -0.4 is 5.32 Å². The molecule has 0 aliphatic carbocycles. The van der Waals surface area contributed by atoms with E-state index in [0.29, 0.717) is 13.0 Å². The molecule has 11 heavy (non-hydrogen) atoms. The van der Waals surface area contributed by atoms with E-state index in [4.69, 9.17) is 0 Å². The van der Waals surface area contributed by atoms with E-state index in [1.54, 1.807) is 7.05 Å². The van der Waals surface area contributed by atoms with Crippen molar-refractivity contribution in [2.24, 2.45) is 0 Å². The molecule has 1 amide bonds. The third kappa shape index (κ3) is 3.98. The summed E-state index contributed by atoms with van der Waals surface area (Å²) in [5, 5.41) is 3.88. The van der Waals surface area contributed by atoms with Crippen LogP contribution in [0.4, 0.5) is 0 Å². The van der Waals surface area contributed by atoms with Gasteiger partial charge in [-0.15, -0.1) is 0 Å². The van der Waals surface area contributed by atoms with Gasteiger partial charge in [-0.3, -0.25) is 4.79 Å². The van der Waals surface area contributed by atoms with Crippen LogP contribution in [0.5, 0.6) is 0 Å². The normalized spacial score (nSPS) is 9.73. The molecular weight excluding hydrogens is 140 g/mol. The molecule has 3 heteroatoms. The van der Waals surface area contributed by atoms with Gasteiger partial charge in [-0.25, -0.2) is 5.32 Å². The Labute approximate surface area is 68.8 Å². The molecule has 0 fully saturated rings. The third-order valence-corrected chi connectivity index (χ3v) is 1.67. The predicted molar refractivity (Wildman–Crippen MR) is 45.5 cm³/mol. The molecule has 0 bridgehead atoms. The summed E-state index contributed by atoms with van der Waals surface area (Å²) in [5.74, 6) is 0.209. The Morgan fingerprint density at radius 2 is 1.91 bits per heavy atom. The summed E-state index contributed by atoms with van der Waals surface area (Å²) in [6.45, 7) is 6.24. The third-order valence-electron chi connectivity index (χ3n) is 1.67. The van der Waals surface area contributed by atoms with Crippen LogP contribution >= 0.6 is 0 Å². The molecule has 0 aromatic heterocycles. The first-order valence-corrected chi connectivity index (χ1v) is 4.09. The first-order chi connectivity index (χ1) is 5.26. The minimum atomic E-state index is 0.209. The van der Waals surface area contributed by atoms with Gasteiger partial charge in [0.1, 0.15) is 0 Å². The maximum absolute atomic E-state index is 11.2. The molecule has 0 unspecified atom stereocenters. The number of carbonyl (C=O) groups excluding carboxylic acids is 1. The monoisotopic (exact) mass is 157 g/mol. The zero-order valence-corrected chi connectivity index (χ0v) is 7.63. The molecule has 0 aromatic rings. The Morgan fingerprint density at radius 3 is 2.27 bits per heavy atom. The molecule has 0 atom stereocenters. The molecular formula is C8H17N2O. The van der Waals surface area contributed by atoms with Gasteiger partial charge in [-0.05, 0) is 13.8 Å². The van der Waals surface area contributed by atoms with Crippen molar-refractivity contribution >= 4 is 5.91 Å². The molecule has 0 spiro atoms. The van der Waals surface area contributed by atoms with Gasteiger partial charge in [0.05, 0.1) is 0 Å². The second-order valence-electron chi connectivity index (χ2n) is 2.36. The Kier molecular flexibility index (Phi) is 5.84. The summed E-state index contributed by atoms with van der Waals surface area (Å²) in [5.41, 5.74) is 0. The number of nitrogens with zero attached hydrogens (tertiary/aromatic N) is 2. The Balaban J connectivity index is 3.61. The van der Waals surface area contributed by atoms with Crippen LogP contribution in [0.2, 0.25) is 0 Å². The number of carbonyl (C=O) groups is 1. The second-order valence-corrected chi connectivity index (χ2v) is 2.36. The highest BCUT2D eigenvalue weighted by atomic mass is 16.2. The van der Waals surface area contributed by atoms with Crippen LogP contribution in [0.25, 0.3) is 0 Å². The van der Waals surface area contributed by atoms with Crippen molar-refractivity contribution in [2.45, 2.75) is 20.3 Å². The molecule has 3 nitrogen and oxygen atoms in total. The Morgan fingerprint density at radius 1 is 1.36 bits per heavy atom. The van der Waals surface area contributed by atoms with Gasteiger partial charge in [-0.2, -0.15) is 0 Å². The van der Waals surface area contributed by atoms with Crippen molar-refractivity contribution in [3.63, 3.8) is 0 Å². The first kappa shape index (κ1) is 10.4. The molecule has 0 rings (SSSR count). The van der Waals surface area contributed by atoms with Crippen molar-refractivity contribution in [1.82, 2.24) is 10.2 Å². The van der Waals surface area contributed by atoms with Gasteiger partial charge in [0.25, 0.3) is 0 Å². The topological polar surface area (TPSA) is 34.4 Å². The maximum atomic E-state index is 11.2. The second kappa shape index (κ2) is 6.16. The summed E-state index contributed by atoms with van der Waals surface area (Å²) < 4.78 is 0. The van der Waals surface area contributed by atoms with Gasteiger partial charge in [0.2, 0.25) is 5.91 Å². The average Bonchev–Trinajstić information content (AvgIpc) is 2.03. The van der Waals surface area contributed by atoms with E-state index in [9.17, 15) is 4.79 Å². The summed E-state index contributed by atoms with van der Waals surface area (Å²) in [6, 6.07) is 0. The van der Waals surface area contributed by atoms with E-state index in [1.807, 2.05) is 18.7 Å². The van der Waals surface area contributed by atoms with E-state index >= 15 is 0 Å². The van der Waals surface area contributed by atoms with E-state index < -0.39 is 0 Å². The highest BCUT2D eigenvalue weighted by molar-refractivity contribution is 5.76. The van der Waals surface area contributed by atoms with Gasteiger partial charge < -0.3 is 4.90 Å². The van der Waals surface area contributed by atoms with E-state index in [2.05, 4.69) is 5.32 Å². The van der Waals surface area contributed by atoms with Crippen molar-refractivity contribution in [1.29, 1.82) is 0 Å². The summed E-state index contributed by atoms with van der Waals surface area (Å²) in [7, 11) is 1.73. The van der Waals surface area contributed by atoms with Gasteiger partial charge in [0.15, 0.2) is 0 Å². The van der Waals surface area contributed by atoms with Crippen LogP contribution in [0.15, 0.2) is 0 Å². The molecule has 0 saturated carbocycles. The van der Waals surface area contributed by atoms with Gasteiger partial charge in [0, 0.05) is 33.1 Å². The lowest BCUT2D eigenvalue weighted by molar-refractivity contribution is -0.130. The smallest absolute Gasteiger partial charge is 0.223 e. The lowest BCUT2D eigenvalue weighted by Crippen LogP contribution is -2.31. The average molecular weight is 157 g/mol. The van der Waals surface area contributed by atoms with Crippen LogP contribution in [0, 0.1) is 0 Å². The van der Waals surface area contributed by atoms with Crippen LogP contribution in [-0.4, -0.2) is 37.5 Å². The van der Waals surface area contributed by atoms with Crippen LogP contribution in [0.3, 0.4) is 0 Å². The van der Waals surface area contributed by atoms with Gasteiger partial charge in [-0.1, -0.05) is 0 Å². The number of hydrogen-bond donors (Lipinski definition) is 0. The fourth-order valence-corrected chi connectivity index (χ4v) is 0.942. The number of amides is 1. The van der Waals surface area contributed by atoms with Crippen LogP contribution in [0.1, 0.15) is 20.3 Å². The molecule has 0 aliphatic heterocycles. The molecule has 0 saturated heterocycles. The first-order valence-electron chi connectivity index (χ1n) is 4.09. The van der Waals surface area contributed by atoms with Crippen molar-refractivity contribution in [3.05, 3.63) is 0 Å². The largest absolute Gasteiger partial charge is 0.343 e. The van der Waals surface area contributed by atoms with E-state index in [1.165, 1.54) is 0 Å². The zero-order chi connectivity index (χ0) is 8.69. The summed E-state index contributed by atoms with van der Waals surface area (Å²) in [6.07, 6.45) is 0.554. The minimum absolute atomic E-state index is 0.209. The molecule has 65 valence electrons. The number of rotatable bonds is 5. The Hall–Kier alpha value is -0.570. The standard InChI is InChI=1S/C8H17N2O/c1-4-10(5-2)8(11)6-7-9-3/h4-7H2,1-3H3. The van der Waals surface area contributed by atoms with Crippen LogP contribution in [-0.2, 0) is 4.79 Å². The van der Waals surface area contributed by atoms with E-state index in [0.717, 1.165) is 13.1 Å². The lowest BCUT2D eigenvalue weighted by atomic mass is 10.3. The minimum Gasteiger partial charge on any atom is -0.343 e. The van der Waals surface area contributed by atoms with Crippen molar-refractivity contribution < 1.29 is 4.79 Å². The molecule has 0 N–H and O–H groups in total. The van der Waals surface area contributed by atoms with Crippen molar-refractivity contribution in [2.75, 3.05) is 26.7 Å². The number of hydrogen-bond acceptors (Lipinski definition) is 1. The fourth-order valence-electron chi connectivity index (χ4n) is 0.942. The molecule has 0 aromatic carbocycles. The maximum Gasteiger partial charge on any atom is 0.223 e. The Bertz CT molecular complexity index is 111. The molecule has 0 aliphatic rings. The highest BCUT2D eigenvalue weighted by Crippen LogP contribution is 1.92. The predicted octanol–water partition coefficient (Wildman–Crippen LogP) is 0.479. The lowest BCUT2D eigenvalue weighted by Gasteiger charge is -2.17. The van der Waals surface area contributed by atoms with E-state index in [-0.39, 0.29) is 5.91 Å². The zero-order valence-electron chi connectivity index (χ0n) is 7.63. The highest BCUT2D eigenvalue weighted by Gasteiger charge is 2.07.